The van der Waals surface area contributed by atoms with E-state index in [2.05, 4.69) is 20.4 Å². The average molecular weight is 339 g/mol. The molecule has 0 aromatic carbocycles. The number of carbonyl (C=O) groups excluding carboxylic acids is 2. The van der Waals surface area contributed by atoms with Crippen LogP contribution in [0.3, 0.4) is 0 Å². The molecule has 0 unspecified atom stereocenters. The normalized spacial score (nSPS) is 21.4. The van der Waals surface area contributed by atoms with Crippen LogP contribution in [0.2, 0.25) is 0 Å². The van der Waals surface area contributed by atoms with Crippen molar-refractivity contribution in [3.05, 3.63) is 54.1 Å². The lowest BCUT2D eigenvalue weighted by Crippen LogP contribution is -2.37. The van der Waals surface area contributed by atoms with Gasteiger partial charge in [-0.2, -0.15) is 0 Å². The summed E-state index contributed by atoms with van der Waals surface area (Å²) in [5, 5.41) is 6.76. The minimum absolute atomic E-state index is 0.0747. The van der Waals surface area contributed by atoms with Gasteiger partial charge in [0.25, 0.3) is 11.8 Å². The van der Waals surface area contributed by atoms with Crippen LogP contribution >= 0.6 is 0 Å². The Morgan fingerprint density at radius 3 is 3.04 bits per heavy atom. The molecule has 2 aromatic heterocycles. The minimum Gasteiger partial charge on any atom is -0.389 e. The summed E-state index contributed by atoms with van der Waals surface area (Å²) < 4.78 is 0. The van der Waals surface area contributed by atoms with Gasteiger partial charge in [0.05, 0.1) is 18.0 Å². The van der Waals surface area contributed by atoms with E-state index in [4.69, 9.17) is 4.84 Å². The van der Waals surface area contributed by atoms with Gasteiger partial charge in [-0.25, -0.2) is 0 Å². The molecule has 4 heterocycles. The third-order valence-corrected chi connectivity index (χ3v) is 4.44. The maximum Gasteiger partial charge on any atom is 0.269 e. The van der Waals surface area contributed by atoms with Crippen LogP contribution in [0, 0.1) is 5.92 Å². The van der Waals surface area contributed by atoms with Crippen LogP contribution in [-0.2, 0) is 16.2 Å². The highest BCUT2D eigenvalue weighted by molar-refractivity contribution is 6.40. The molecule has 1 saturated heterocycles. The van der Waals surface area contributed by atoms with Crippen molar-refractivity contribution in [1.29, 1.82) is 0 Å². The van der Waals surface area contributed by atoms with E-state index >= 15 is 0 Å². The van der Waals surface area contributed by atoms with Gasteiger partial charge in [0.2, 0.25) is 0 Å². The van der Waals surface area contributed by atoms with Crippen molar-refractivity contribution in [1.82, 2.24) is 20.2 Å². The molecule has 0 bridgehead atoms. The molecule has 2 amide bonds. The van der Waals surface area contributed by atoms with Gasteiger partial charge in [-0.3, -0.25) is 14.6 Å². The van der Waals surface area contributed by atoms with Gasteiger partial charge in [-0.1, -0.05) is 11.2 Å². The lowest BCUT2D eigenvalue weighted by Gasteiger charge is -2.15. The van der Waals surface area contributed by atoms with Crippen molar-refractivity contribution in [2.75, 3.05) is 13.1 Å². The molecule has 4 rings (SSSR count). The van der Waals surface area contributed by atoms with Crippen LogP contribution in [0.5, 0.6) is 0 Å². The molecule has 2 atom stereocenters. The van der Waals surface area contributed by atoms with Crippen LogP contribution in [0.15, 0.2) is 48.1 Å². The Labute approximate surface area is 143 Å². The monoisotopic (exact) mass is 339 g/mol. The van der Waals surface area contributed by atoms with Gasteiger partial charge in [0.15, 0.2) is 11.8 Å². The summed E-state index contributed by atoms with van der Waals surface area (Å²) in [5.41, 5.74) is 1.85. The Morgan fingerprint density at radius 1 is 1.36 bits per heavy atom. The number of rotatable bonds is 4. The predicted molar refractivity (Wildman–Crippen MR) is 88.6 cm³/mol. The number of hydrogen-bond donors (Lipinski definition) is 2. The number of pyridine rings is 1. The molecule has 25 heavy (non-hydrogen) atoms. The first kappa shape index (κ1) is 15.4. The lowest BCUT2D eigenvalue weighted by atomic mass is 10.0. The second-order valence-electron chi connectivity index (χ2n) is 6.08. The number of H-pyrrole nitrogens is 1. The second kappa shape index (κ2) is 6.39. The van der Waals surface area contributed by atoms with E-state index in [1.165, 1.54) is 0 Å². The molecule has 128 valence electrons. The molecule has 0 radical (unpaired) electrons. The number of hydrogen-bond acceptors (Lipinski definition) is 5. The molecule has 2 aliphatic rings. The zero-order chi connectivity index (χ0) is 17.2. The highest BCUT2D eigenvalue weighted by atomic mass is 16.6. The maximum absolute atomic E-state index is 12.4. The number of nitrogens with zero attached hydrogens (tertiary/aromatic N) is 3. The molecule has 2 aromatic rings. The van der Waals surface area contributed by atoms with Crippen molar-refractivity contribution in [2.45, 2.75) is 12.6 Å². The van der Waals surface area contributed by atoms with E-state index in [0.717, 1.165) is 5.56 Å². The third kappa shape index (κ3) is 2.98. The molecule has 0 saturated carbocycles. The number of aromatic amines is 1. The molecule has 8 nitrogen and oxygen atoms in total. The number of amides is 2. The number of aromatic nitrogens is 2. The standard InChI is InChI=1S/C17H17N5O3/c23-16(20-7-11-2-1-4-18-6-11)15-13-9-22(10-14(13)25-21-15)17(24)12-3-5-19-8-12/h1-6,8,13-14,19H,7,9-10H2,(H,20,23)/t13-,14+/m0/s1. The van der Waals surface area contributed by atoms with Gasteiger partial charge in [0.1, 0.15) is 0 Å². The fourth-order valence-corrected chi connectivity index (χ4v) is 3.13. The quantitative estimate of drug-likeness (QED) is 0.850. The Morgan fingerprint density at radius 2 is 2.28 bits per heavy atom. The van der Waals surface area contributed by atoms with E-state index in [9.17, 15) is 9.59 Å². The molecule has 0 aliphatic carbocycles. The first-order valence-corrected chi connectivity index (χ1v) is 8.05. The average Bonchev–Trinajstić information content (AvgIpc) is 3.36. The van der Waals surface area contributed by atoms with Crippen molar-refractivity contribution in [3.8, 4) is 0 Å². The summed E-state index contributed by atoms with van der Waals surface area (Å²) >= 11 is 0. The number of fused-ring (bicyclic) bond motifs is 1. The van der Waals surface area contributed by atoms with E-state index in [0.29, 0.717) is 30.9 Å². The topological polar surface area (TPSA) is 99.7 Å². The zero-order valence-electron chi connectivity index (χ0n) is 13.4. The van der Waals surface area contributed by atoms with Crippen molar-refractivity contribution in [2.24, 2.45) is 11.1 Å². The summed E-state index contributed by atoms with van der Waals surface area (Å²) in [5.74, 6) is -0.543. The van der Waals surface area contributed by atoms with Gasteiger partial charge in [-0.05, 0) is 17.7 Å². The Kier molecular flexibility index (Phi) is 3.93. The summed E-state index contributed by atoms with van der Waals surface area (Å²) in [4.78, 5) is 38.8. The fraction of sp³-hybridized carbons (Fsp3) is 0.294. The van der Waals surface area contributed by atoms with Gasteiger partial charge >= 0.3 is 0 Å². The molecule has 2 N–H and O–H groups in total. The number of likely N-dealkylation sites (tertiary alicyclic amines) is 1. The number of oxime groups is 1. The number of nitrogens with one attached hydrogen (secondary N) is 2. The van der Waals surface area contributed by atoms with Crippen LogP contribution in [0.1, 0.15) is 15.9 Å². The Balaban J connectivity index is 1.38. The van der Waals surface area contributed by atoms with Gasteiger partial charge in [-0.15, -0.1) is 0 Å². The molecule has 0 spiro atoms. The Bertz CT molecular complexity index is 803. The minimum atomic E-state index is -0.271. The van der Waals surface area contributed by atoms with Crippen LogP contribution in [-0.4, -0.2) is 51.6 Å². The summed E-state index contributed by atoms with van der Waals surface area (Å²) in [6.07, 6.45) is 6.48. The molecule has 2 aliphatic heterocycles. The Hall–Kier alpha value is -3.16. The van der Waals surface area contributed by atoms with Crippen LogP contribution in [0.25, 0.3) is 0 Å². The first-order valence-electron chi connectivity index (χ1n) is 8.05. The highest BCUT2D eigenvalue weighted by Crippen LogP contribution is 2.28. The molecule has 8 heteroatoms. The molecular weight excluding hydrogens is 322 g/mol. The van der Waals surface area contributed by atoms with E-state index in [1.54, 1.807) is 35.8 Å². The van der Waals surface area contributed by atoms with Crippen LogP contribution in [0.4, 0.5) is 0 Å². The van der Waals surface area contributed by atoms with Crippen molar-refractivity contribution in [3.63, 3.8) is 0 Å². The van der Waals surface area contributed by atoms with Crippen molar-refractivity contribution >= 4 is 17.5 Å². The first-order chi connectivity index (χ1) is 12.2. The highest BCUT2D eigenvalue weighted by Gasteiger charge is 2.46. The van der Waals surface area contributed by atoms with Gasteiger partial charge < -0.3 is 20.0 Å². The SMILES string of the molecule is O=C(NCc1cccnc1)C1=NO[C@@H]2CN(C(=O)c3cc[nH]c3)C[C@H]12. The lowest BCUT2D eigenvalue weighted by molar-refractivity contribution is -0.115. The second-order valence-corrected chi connectivity index (χ2v) is 6.08. The molecule has 1 fully saturated rings. The molecular formula is C17H17N5O3. The van der Waals surface area contributed by atoms with Gasteiger partial charge in [0, 0.05) is 37.9 Å². The fourth-order valence-electron chi connectivity index (χ4n) is 3.13. The maximum atomic E-state index is 12.4. The summed E-state index contributed by atoms with van der Waals surface area (Å²) in [6, 6.07) is 5.43. The van der Waals surface area contributed by atoms with E-state index < -0.39 is 0 Å². The van der Waals surface area contributed by atoms with E-state index in [-0.39, 0.29) is 23.8 Å². The zero-order valence-corrected chi connectivity index (χ0v) is 13.4. The van der Waals surface area contributed by atoms with E-state index in [1.807, 2.05) is 12.1 Å². The predicted octanol–water partition coefficient (Wildman–Crippen LogP) is 0.553. The number of carbonyl (C=O) groups is 2. The smallest absolute Gasteiger partial charge is 0.269 e. The third-order valence-electron chi connectivity index (χ3n) is 4.44. The largest absolute Gasteiger partial charge is 0.389 e. The van der Waals surface area contributed by atoms with Crippen molar-refractivity contribution < 1.29 is 14.4 Å². The summed E-state index contributed by atoms with van der Waals surface area (Å²) in [6.45, 7) is 1.22. The van der Waals surface area contributed by atoms with Crippen LogP contribution < -0.4 is 5.32 Å². The summed E-state index contributed by atoms with van der Waals surface area (Å²) in [7, 11) is 0.